The van der Waals surface area contributed by atoms with Crippen molar-refractivity contribution in [3.8, 4) is 0 Å². The van der Waals surface area contributed by atoms with Crippen molar-refractivity contribution in [1.82, 2.24) is 0 Å². The minimum absolute atomic E-state index is 0.00757. The number of carbonyl (C=O) groups excluding carboxylic acids is 1. The van der Waals surface area contributed by atoms with E-state index >= 15 is 0 Å². The summed E-state index contributed by atoms with van der Waals surface area (Å²) in [7, 11) is 5.12. The van der Waals surface area contributed by atoms with Crippen LogP contribution in [0.15, 0.2) is 4.99 Å². The van der Waals surface area contributed by atoms with Gasteiger partial charge in [0.15, 0.2) is 5.60 Å². The van der Waals surface area contributed by atoms with Crippen LogP contribution in [-0.4, -0.2) is 92.7 Å². The Morgan fingerprint density at radius 1 is 1.12 bits per heavy atom. The van der Waals surface area contributed by atoms with Gasteiger partial charge < -0.3 is 33.5 Å². The van der Waals surface area contributed by atoms with Crippen molar-refractivity contribution >= 4 is 12.2 Å². The highest BCUT2D eigenvalue weighted by Gasteiger charge is 2.97. The summed E-state index contributed by atoms with van der Waals surface area (Å²) in [5.74, 6) is -0.964. The third-order valence-electron chi connectivity index (χ3n) is 11.3. The average Bonchev–Trinajstić information content (AvgIpc) is 3.34. The van der Waals surface area contributed by atoms with Gasteiger partial charge in [0.2, 0.25) is 0 Å². The second-order valence-corrected chi connectivity index (χ2v) is 11.9. The van der Waals surface area contributed by atoms with Crippen molar-refractivity contribution in [2.45, 2.75) is 86.8 Å². The van der Waals surface area contributed by atoms with E-state index in [1.54, 1.807) is 21.3 Å². The number of hydrogen-bond acceptors (Lipinski definition) is 9. The molecule has 13 unspecified atom stereocenters. The third-order valence-corrected chi connectivity index (χ3v) is 11.3. The van der Waals surface area contributed by atoms with Gasteiger partial charge in [-0.15, -0.1) is 0 Å². The molecule has 6 fully saturated rings. The Morgan fingerprint density at radius 3 is 2.59 bits per heavy atom. The number of rotatable bonds is 4. The van der Waals surface area contributed by atoms with Crippen LogP contribution < -0.4 is 0 Å². The molecule has 5 aliphatic carbocycles. The molecular weight excluding hydrogens is 442 g/mol. The highest BCUT2D eigenvalue weighted by Crippen LogP contribution is 2.83. The SMILES string of the molecule is COC1CC23OCOC24C(OC(C)=O)C2C5(C)C=NC4C2(C(OC)CC5)C2(O)CC1C(OC)C23. The van der Waals surface area contributed by atoms with Crippen LogP contribution in [0.25, 0.3) is 0 Å². The summed E-state index contributed by atoms with van der Waals surface area (Å²) in [6.45, 7) is 3.67. The fourth-order valence-electron chi connectivity index (χ4n) is 10.7. The van der Waals surface area contributed by atoms with E-state index < -0.39 is 34.4 Å². The number of ether oxygens (including phenoxy) is 6. The number of carbonyl (C=O) groups is 1. The molecule has 3 spiro atoms. The van der Waals surface area contributed by atoms with Gasteiger partial charge in [0.1, 0.15) is 18.5 Å². The Kier molecular flexibility index (Phi) is 4.18. The normalized spacial score (nSPS) is 61.9. The van der Waals surface area contributed by atoms with E-state index in [1.165, 1.54) is 6.92 Å². The molecule has 9 nitrogen and oxygen atoms in total. The van der Waals surface area contributed by atoms with Gasteiger partial charge in [-0.05, 0) is 19.3 Å². The maximum atomic E-state index is 13.1. The van der Waals surface area contributed by atoms with Crippen molar-refractivity contribution in [3.63, 3.8) is 0 Å². The lowest BCUT2D eigenvalue weighted by molar-refractivity contribution is -0.298. The van der Waals surface area contributed by atoms with Crippen LogP contribution in [0.1, 0.15) is 39.5 Å². The minimum atomic E-state index is -1.22. The topological polar surface area (TPSA) is 105 Å². The van der Waals surface area contributed by atoms with E-state index in [9.17, 15) is 9.90 Å². The molecule has 0 aromatic carbocycles. The molecule has 188 valence electrons. The number of nitrogens with zero attached hydrogens (tertiary/aromatic N) is 1. The van der Waals surface area contributed by atoms with Gasteiger partial charge in [-0.1, -0.05) is 6.92 Å². The number of fused-ring (bicyclic) bond motifs is 1. The maximum absolute atomic E-state index is 13.1. The monoisotopic (exact) mass is 477 g/mol. The van der Waals surface area contributed by atoms with Crippen molar-refractivity contribution in [2.75, 3.05) is 28.1 Å². The Bertz CT molecular complexity index is 975. The third kappa shape index (κ3) is 1.89. The molecule has 0 aromatic heterocycles. The van der Waals surface area contributed by atoms with Gasteiger partial charge in [-0.25, -0.2) is 0 Å². The molecule has 9 heteroatoms. The Hall–Kier alpha value is -1.10. The van der Waals surface area contributed by atoms with Gasteiger partial charge in [0.25, 0.3) is 0 Å². The molecule has 7 bridgehead atoms. The van der Waals surface area contributed by atoms with E-state index in [-0.39, 0.29) is 54.2 Å². The summed E-state index contributed by atoms with van der Waals surface area (Å²) in [6, 6.07) is -0.469. The molecule has 34 heavy (non-hydrogen) atoms. The fourth-order valence-corrected chi connectivity index (χ4v) is 10.7. The molecule has 1 saturated heterocycles. The van der Waals surface area contributed by atoms with Crippen molar-refractivity contribution < 1.29 is 38.3 Å². The lowest BCUT2D eigenvalue weighted by Gasteiger charge is -2.67. The van der Waals surface area contributed by atoms with Crippen molar-refractivity contribution in [2.24, 2.45) is 33.6 Å². The lowest BCUT2D eigenvalue weighted by Crippen LogP contribution is -2.81. The zero-order chi connectivity index (χ0) is 23.9. The molecule has 0 amide bonds. The first-order valence-corrected chi connectivity index (χ1v) is 12.5. The molecular formula is C25H35NO8. The summed E-state index contributed by atoms with van der Waals surface area (Å²) in [5, 5.41) is 13.1. The molecule has 7 aliphatic rings. The highest BCUT2D eigenvalue weighted by molar-refractivity contribution is 5.73. The molecule has 5 saturated carbocycles. The van der Waals surface area contributed by atoms with E-state index in [0.29, 0.717) is 12.8 Å². The second kappa shape index (κ2) is 6.42. The first kappa shape index (κ1) is 22.1. The Morgan fingerprint density at radius 2 is 1.91 bits per heavy atom. The number of aliphatic hydroxyl groups is 1. The van der Waals surface area contributed by atoms with Crippen LogP contribution in [0.2, 0.25) is 0 Å². The quantitative estimate of drug-likeness (QED) is 0.601. The molecule has 1 N–H and O–H groups in total. The Labute approximate surface area is 199 Å². The van der Waals surface area contributed by atoms with Crippen LogP contribution in [0, 0.1) is 28.6 Å². The molecule has 2 aliphatic heterocycles. The molecule has 0 aromatic rings. The summed E-state index contributed by atoms with van der Waals surface area (Å²) >= 11 is 0. The summed E-state index contributed by atoms with van der Waals surface area (Å²) in [5.41, 5.74) is -4.42. The fraction of sp³-hybridized carbons (Fsp3) is 0.920. The predicted molar refractivity (Wildman–Crippen MR) is 117 cm³/mol. The van der Waals surface area contributed by atoms with Crippen molar-refractivity contribution in [3.05, 3.63) is 0 Å². The lowest BCUT2D eigenvalue weighted by atomic mass is 9.42. The average molecular weight is 478 g/mol. The van der Waals surface area contributed by atoms with Crippen LogP contribution in [0.4, 0.5) is 0 Å². The molecule has 7 rings (SSSR count). The van der Waals surface area contributed by atoms with E-state index in [0.717, 1.165) is 12.8 Å². The molecule has 2 heterocycles. The Balaban J connectivity index is 1.60. The predicted octanol–water partition coefficient (Wildman–Crippen LogP) is 1.10. The molecule has 13 atom stereocenters. The van der Waals surface area contributed by atoms with Crippen LogP contribution >= 0.6 is 0 Å². The number of hydrogen-bond donors (Lipinski definition) is 1. The van der Waals surface area contributed by atoms with Crippen LogP contribution in [0.3, 0.4) is 0 Å². The first-order chi connectivity index (χ1) is 16.2. The summed E-state index contributed by atoms with van der Waals surface area (Å²) in [6.07, 6.45) is 3.31. The van der Waals surface area contributed by atoms with Crippen LogP contribution in [0.5, 0.6) is 0 Å². The van der Waals surface area contributed by atoms with E-state index in [4.69, 9.17) is 33.4 Å². The van der Waals surface area contributed by atoms with Gasteiger partial charge in [0, 0.05) is 64.1 Å². The zero-order valence-electron chi connectivity index (χ0n) is 20.5. The van der Waals surface area contributed by atoms with Crippen LogP contribution in [-0.2, 0) is 33.2 Å². The van der Waals surface area contributed by atoms with Gasteiger partial charge in [-0.2, -0.15) is 0 Å². The maximum Gasteiger partial charge on any atom is 0.303 e. The minimum Gasteiger partial charge on any atom is -0.459 e. The van der Waals surface area contributed by atoms with E-state index in [1.807, 2.05) is 6.21 Å². The first-order valence-electron chi connectivity index (χ1n) is 12.5. The van der Waals surface area contributed by atoms with Crippen molar-refractivity contribution in [1.29, 1.82) is 0 Å². The van der Waals surface area contributed by atoms with Gasteiger partial charge in [-0.3, -0.25) is 9.79 Å². The van der Waals surface area contributed by atoms with Gasteiger partial charge >= 0.3 is 5.97 Å². The number of esters is 1. The number of methoxy groups -OCH3 is 3. The smallest absolute Gasteiger partial charge is 0.303 e. The molecule has 0 radical (unpaired) electrons. The van der Waals surface area contributed by atoms with Gasteiger partial charge in [0.05, 0.1) is 35.4 Å². The number of aliphatic imine (C=N–C) groups is 1. The zero-order valence-corrected chi connectivity index (χ0v) is 20.5. The van der Waals surface area contributed by atoms with E-state index in [2.05, 4.69) is 6.92 Å². The summed E-state index contributed by atoms with van der Waals surface area (Å²) in [4.78, 5) is 17.8. The standard InChI is InChI=1S/C25H35NO8/c1-12(27)34-19-18-21(2)7-6-15(30-4)24(18)20(26-10-21)25(19)23(32-11-33-25)9-14(29-3)13-8-22(24,28)17(23)16(13)31-5/h10,13-20,28H,6-9,11H2,1-5H3. The second-order valence-electron chi connectivity index (χ2n) is 11.9. The summed E-state index contributed by atoms with van der Waals surface area (Å²) < 4.78 is 37.9. The largest absolute Gasteiger partial charge is 0.459 e. The highest BCUT2D eigenvalue weighted by atomic mass is 16.7.